The topological polar surface area (TPSA) is 81.7 Å². The zero-order valence-corrected chi connectivity index (χ0v) is 16.0. The fourth-order valence-corrected chi connectivity index (χ4v) is 3.03. The van der Waals surface area contributed by atoms with Crippen LogP contribution in [-0.4, -0.2) is 34.7 Å². The van der Waals surface area contributed by atoms with Crippen molar-refractivity contribution in [3.05, 3.63) is 57.5 Å². The Morgan fingerprint density at radius 2 is 1.78 bits per heavy atom. The number of aryl methyl sites for hydroxylation is 1. The zero-order chi connectivity index (χ0) is 19.6. The molecule has 3 rings (SSSR count). The predicted octanol–water partition coefficient (Wildman–Crippen LogP) is 2.73. The van der Waals surface area contributed by atoms with Crippen LogP contribution >= 0.6 is 0 Å². The Morgan fingerprint density at radius 1 is 1.11 bits per heavy atom. The number of H-pyrrole nitrogens is 1. The normalized spacial score (nSPS) is 15.4. The Hall–Kier alpha value is -3.22. The molecule has 7 nitrogen and oxygen atoms in total. The molecule has 1 aromatic heterocycles. The first-order chi connectivity index (χ1) is 12.9. The summed E-state index contributed by atoms with van der Waals surface area (Å²) in [7, 11) is 0. The number of anilines is 2. The Balaban J connectivity index is 1.88. The Bertz CT molecular complexity index is 969. The Kier molecular flexibility index (Phi) is 5.21. The van der Waals surface area contributed by atoms with Gasteiger partial charge in [0.2, 0.25) is 5.95 Å². The van der Waals surface area contributed by atoms with Crippen LogP contribution in [-0.2, 0) is 4.79 Å². The summed E-state index contributed by atoms with van der Waals surface area (Å²) in [5, 5.41) is 5.40. The number of rotatable bonds is 5. The van der Waals surface area contributed by atoms with Gasteiger partial charge in [0.25, 0.3) is 11.5 Å². The van der Waals surface area contributed by atoms with Gasteiger partial charge in [-0.15, -0.1) is 0 Å². The summed E-state index contributed by atoms with van der Waals surface area (Å²) in [6.45, 7) is 9.59. The number of nitrogens with one attached hydrogen (secondary N) is 1. The smallest absolute Gasteiger partial charge is 0.283 e. The molecule has 1 N–H and O–H groups in total. The van der Waals surface area contributed by atoms with Gasteiger partial charge in [-0.25, -0.2) is 4.98 Å². The van der Waals surface area contributed by atoms with Crippen molar-refractivity contribution in [1.82, 2.24) is 9.97 Å². The predicted molar refractivity (Wildman–Crippen MR) is 108 cm³/mol. The molecule has 0 spiro atoms. The molecule has 1 aliphatic rings. The van der Waals surface area contributed by atoms with Crippen LogP contribution in [0.25, 0.3) is 6.08 Å². The summed E-state index contributed by atoms with van der Waals surface area (Å²) in [6, 6.07) is 9.42. The van der Waals surface area contributed by atoms with Gasteiger partial charge in [-0.2, -0.15) is 10.1 Å². The van der Waals surface area contributed by atoms with Crippen LogP contribution in [0.4, 0.5) is 11.6 Å². The van der Waals surface area contributed by atoms with Crippen molar-refractivity contribution in [2.24, 2.45) is 5.10 Å². The maximum atomic E-state index is 12.8. The van der Waals surface area contributed by atoms with Crippen LogP contribution in [0.3, 0.4) is 0 Å². The average Bonchev–Trinajstić information content (AvgIpc) is 2.91. The van der Waals surface area contributed by atoms with Gasteiger partial charge >= 0.3 is 0 Å². The number of carbonyl (C=O) groups is 1. The van der Waals surface area contributed by atoms with Gasteiger partial charge < -0.3 is 4.90 Å². The van der Waals surface area contributed by atoms with E-state index in [2.05, 4.69) is 33.8 Å². The van der Waals surface area contributed by atoms with E-state index < -0.39 is 0 Å². The van der Waals surface area contributed by atoms with Crippen LogP contribution in [0, 0.1) is 6.92 Å². The lowest BCUT2D eigenvalue weighted by atomic mass is 10.1. The number of carbonyl (C=O) groups excluding carboxylic acids is 1. The molecule has 0 saturated heterocycles. The first-order valence-electron chi connectivity index (χ1n) is 8.97. The average molecular weight is 365 g/mol. The zero-order valence-electron chi connectivity index (χ0n) is 16.0. The summed E-state index contributed by atoms with van der Waals surface area (Å²) in [5.41, 5.74) is 3.33. The van der Waals surface area contributed by atoms with Crippen LogP contribution in [0.2, 0.25) is 0 Å². The molecule has 0 aliphatic carbocycles. The first-order valence-corrected chi connectivity index (χ1v) is 8.97. The van der Waals surface area contributed by atoms with Crippen molar-refractivity contribution >= 4 is 29.3 Å². The summed E-state index contributed by atoms with van der Waals surface area (Å²) >= 11 is 0. The van der Waals surface area contributed by atoms with E-state index >= 15 is 0 Å². The van der Waals surface area contributed by atoms with Gasteiger partial charge in [0.15, 0.2) is 0 Å². The minimum Gasteiger partial charge on any atom is -0.372 e. The van der Waals surface area contributed by atoms with Gasteiger partial charge in [0, 0.05) is 30.5 Å². The maximum Gasteiger partial charge on any atom is 0.283 e. The second-order valence-electron chi connectivity index (χ2n) is 6.33. The molecule has 27 heavy (non-hydrogen) atoms. The molecule has 7 heteroatoms. The SMILES string of the molecule is CCN(CC)c1ccc(/C=C2\C(=O)N(c3nc(C)cc(=O)[nH]3)N=C2C)cc1. The number of benzene rings is 1. The highest BCUT2D eigenvalue weighted by atomic mass is 16.2. The number of hydrogen-bond acceptors (Lipinski definition) is 5. The van der Waals surface area contributed by atoms with E-state index in [0.717, 1.165) is 29.3 Å². The molecule has 0 bridgehead atoms. The van der Waals surface area contributed by atoms with Gasteiger partial charge in [-0.05, 0) is 51.5 Å². The fourth-order valence-electron chi connectivity index (χ4n) is 3.03. The van der Waals surface area contributed by atoms with E-state index in [4.69, 9.17) is 0 Å². The number of nitrogens with zero attached hydrogens (tertiary/aromatic N) is 4. The Morgan fingerprint density at radius 3 is 2.37 bits per heavy atom. The molecule has 1 amide bonds. The highest BCUT2D eigenvalue weighted by Gasteiger charge is 2.30. The summed E-state index contributed by atoms with van der Waals surface area (Å²) in [4.78, 5) is 33.5. The van der Waals surface area contributed by atoms with E-state index in [1.54, 1.807) is 19.9 Å². The lowest BCUT2D eigenvalue weighted by Gasteiger charge is -2.20. The lowest BCUT2D eigenvalue weighted by Crippen LogP contribution is -2.26. The van der Waals surface area contributed by atoms with E-state index in [1.807, 2.05) is 24.3 Å². The number of aromatic nitrogens is 2. The van der Waals surface area contributed by atoms with Crippen LogP contribution in [0.15, 0.2) is 45.8 Å². The molecule has 0 fully saturated rings. The summed E-state index contributed by atoms with van der Waals surface area (Å²) < 4.78 is 0. The molecule has 0 unspecified atom stereocenters. The van der Waals surface area contributed by atoms with E-state index in [9.17, 15) is 9.59 Å². The van der Waals surface area contributed by atoms with Crippen LogP contribution in [0.5, 0.6) is 0 Å². The van der Waals surface area contributed by atoms with Crippen molar-refractivity contribution in [1.29, 1.82) is 0 Å². The minimum atomic E-state index is -0.317. The molecule has 2 aromatic rings. The highest BCUT2D eigenvalue weighted by Crippen LogP contribution is 2.23. The third-order valence-corrected chi connectivity index (χ3v) is 4.45. The van der Waals surface area contributed by atoms with Crippen molar-refractivity contribution in [3.63, 3.8) is 0 Å². The molecule has 2 heterocycles. The molecule has 1 aliphatic heterocycles. The number of hydrazone groups is 1. The van der Waals surface area contributed by atoms with Gasteiger partial charge in [0.1, 0.15) is 0 Å². The third-order valence-electron chi connectivity index (χ3n) is 4.45. The van der Waals surface area contributed by atoms with Crippen LogP contribution in [0.1, 0.15) is 32.0 Å². The summed E-state index contributed by atoms with van der Waals surface area (Å²) in [5.74, 6) is -0.182. The van der Waals surface area contributed by atoms with Crippen LogP contribution < -0.4 is 15.5 Å². The van der Waals surface area contributed by atoms with E-state index in [-0.39, 0.29) is 17.4 Å². The number of amides is 1. The largest absolute Gasteiger partial charge is 0.372 e. The van der Waals surface area contributed by atoms with Crippen molar-refractivity contribution in [3.8, 4) is 0 Å². The monoisotopic (exact) mass is 365 g/mol. The second-order valence-corrected chi connectivity index (χ2v) is 6.33. The second kappa shape index (κ2) is 7.57. The summed E-state index contributed by atoms with van der Waals surface area (Å²) in [6.07, 6.45) is 1.81. The molecule has 140 valence electrons. The molecule has 0 atom stereocenters. The van der Waals surface area contributed by atoms with Crippen molar-refractivity contribution < 1.29 is 4.79 Å². The first kappa shape index (κ1) is 18.6. The number of aromatic amines is 1. The molecular formula is C20H23N5O2. The molecular weight excluding hydrogens is 342 g/mol. The van der Waals surface area contributed by atoms with Gasteiger partial charge in [0.05, 0.1) is 11.3 Å². The van der Waals surface area contributed by atoms with E-state index in [1.165, 1.54) is 6.07 Å². The number of hydrogen-bond donors (Lipinski definition) is 1. The highest BCUT2D eigenvalue weighted by molar-refractivity contribution is 6.31. The van der Waals surface area contributed by atoms with E-state index in [0.29, 0.717) is 17.0 Å². The van der Waals surface area contributed by atoms with Crippen molar-refractivity contribution in [2.75, 3.05) is 23.0 Å². The fraction of sp³-hybridized carbons (Fsp3) is 0.300. The molecule has 0 radical (unpaired) electrons. The minimum absolute atomic E-state index is 0.129. The Labute approximate surface area is 158 Å². The standard InChI is InChI=1S/C20H23N5O2/c1-5-24(6-2)16-9-7-15(8-10-16)12-17-14(4)23-25(19(17)27)20-21-13(3)11-18(26)22-20/h7-12H,5-6H2,1-4H3,(H,21,22,26)/b17-12-. The maximum absolute atomic E-state index is 12.8. The van der Waals surface area contributed by atoms with Crippen molar-refractivity contribution in [2.45, 2.75) is 27.7 Å². The van der Waals surface area contributed by atoms with Gasteiger partial charge in [-0.1, -0.05) is 12.1 Å². The van der Waals surface area contributed by atoms with Gasteiger partial charge in [-0.3, -0.25) is 14.6 Å². The third kappa shape index (κ3) is 3.81. The molecule has 0 saturated carbocycles. The lowest BCUT2D eigenvalue weighted by molar-refractivity contribution is -0.114. The molecule has 1 aromatic carbocycles. The quantitative estimate of drug-likeness (QED) is 0.826.